The highest BCUT2D eigenvalue weighted by Crippen LogP contribution is 2.26. The Labute approximate surface area is 110 Å². The minimum Gasteiger partial charge on any atom is -0.264 e. The topological polar surface area (TPSA) is 12.9 Å². The van der Waals surface area contributed by atoms with Crippen LogP contribution in [-0.4, -0.2) is 4.98 Å². The number of rotatable bonds is 3. The molecule has 1 heterocycles. The Hall–Kier alpha value is -1.63. The van der Waals surface area contributed by atoms with Gasteiger partial charge in [-0.2, -0.15) is 0 Å². The van der Waals surface area contributed by atoms with E-state index < -0.39 is 0 Å². The molecule has 0 saturated carbocycles. The number of hydrogen-bond donors (Lipinski definition) is 0. The van der Waals surface area contributed by atoms with Gasteiger partial charge in [-0.05, 0) is 41.0 Å². The van der Waals surface area contributed by atoms with Gasteiger partial charge in [-0.3, -0.25) is 4.98 Å². The van der Waals surface area contributed by atoms with Crippen LogP contribution in [0.3, 0.4) is 0 Å². The summed E-state index contributed by atoms with van der Waals surface area (Å²) < 4.78 is 0. The third kappa shape index (κ3) is 3.19. The zero-order valence-corrected chi connectivity index (χ0v) is 11.5. The molecule has 18 heavy (non-hydrogen) atoms. The van der Waals surface area contributed by atoms with Gasteiger partial charge in [0, 0.05) is 12.4 Å². The molecule has 0 N–H and O–H groups in total. The molecule has 1 heteroatoms. The first kappa shape index (κ1) is 12.8. The summed E-state index contributed by atoms with van der Waals surface area (Å²) in [7, 11) is 0. The van der Waals surface area contributed by atoms with Crippen LogP contribution in [0, 0.1) is 0 Å². The Morgan fingerprint density at radius 3 is 2.39 bits per heavy atom. The van der Waals surface area contributed by atoms with Gasteiger partial charge in [-0.15, -0.1) is 0 Å². The summed E-state index contributed by atoms with van der Waals surface area (Å²) in [4.78, 5) is 4.17. The molecule has 0 radical (unpaired) electrons. The van der Waals surface area contributed by atoms with Gasteiger partial charge < -0.3 is 0 Å². The molecule has 1 aromatic carbocycles. The van der Waals surface area contributed by atoms with E-state index in [0.717, 1.165) is 12.8 Å². The van der Waals surface area contributed by atoms with Crippen LogP contribution >= 0.6 is 0 Å². The van der Waals surface area contributed by atoms with Crippen molar-refractivity contribution >= 4 is 0 Å². The standard InChI is InChI=1S/C17H21N/c1-17(2,3)16-9-5-4-8-15(16)11-10-14-7-6-12-18-13-14/h4-9,12-13H,10-11H2,1-3H3. The molecule has 0 atom stereocenters. The second-order valence-electron chi connectivity index (χ2n) is 5.77. The van der Waals surface area contributed by atoms with Crippen LogP contribution in [0.4, 0.5) is 0 Å². The Morgan fingerprint density at radius 1 is 0.944 bits per heavy atom. The lowest BCUT2D eigenvalue weighted by atomic mass is 9.82. The summed E-state index contributed by atoms with van der Waals surface area (Å²) in [6, 6.07) is 12.9. The molecule has 0 bridgehead atoms. The number of benzene rings is 1. The maximum Gasteiger partial charge on any atom is 0.0299 e. The Balaban J connectivity index is 2.15. The van der Waals surface area contributed by atoms with Crippen LogP contribution in [0.25, 0.3) is 0 Å². The van der Waals surface area contributed by atoms with Gasteiger partial charge >= 0.3 is 0 Å². The first-order valence-corrected chi connectivity index (χ1v) is 6.54. The lowest BCUT2D eigenvalue weighted by molar-refractivity contribution is 0.582. The van der Waals surface area contributed by atoms with E-state index in [4.69, 9.17) is 0 Å². The molecular weight excluding hydrogens is 218 g/mol. The van der Waals surface area contributed by atoms with Crippen molar-refractivity contribution in [2.75, 3.05) is 0 Å². The van der Waals surface area contributed by atoms with Gasteiger partial charge in [-0.1, -0.05) is 51.1 Å². The zero-order valence-electron chi connectivity index (χ0n) is 11.5. The Bertz CT molecular complexity index is 495. The number of pyridine rings is 1. The van der Waals surface area contributed by atoms with Gasteiger partial charge in [0.1, 0.15) is 0 Å². The molecule has 1 nitrogen and oxygen atoms in total. The Kier molecular flexibility index (Phi) is 3.81. The monoisotopic (exact) mass is 239 g/mol. The quantitative estimate of drug-likeness (QED) is 0.783. The van der Waals surface area contributed by atoms with Gasteiger partial charge in [-0.25, -0.2) is 0 Å². The molecule has 0 aliphatic carbocycles. The summed E-state index contributed by atoms with van der Waals surface area (Å²) in [5.74, 6) is 0. The Morgan fingerprint density at radius 2 is 1.72 bits per heavy atom. The predicted molar refractivity (Wildman–Crippen MR) is 76.8 cm³/mol. The fourth-order valence-corrected chi connectivity index (χ4v) is 2.29. The molecule has 0 amide bonds. The first-order valence-electron chi connectivity index (χ1n) is 6.54. The third-order valence-electron chi connectivity index (χ3n) is 3.23. The van der Waals surface area contributed by atoms with Crippen LogP contribution in [0.2, 0.25) is 0 Å². The average Bonchev–Trinajstić information content (AvgIpc) is 2.37. The second-order valence-corrected chi connectivity index (χ2v) is 5.77. The molecular formula is C17H21N. The van der Waals surface area contributed by atoms with Crippen molar-refractivity contribution in [1.82, 2.24) is 4.98 Å². The first-order chi connectivity index (χ1) is 8.57. The van der Waals surface area contributed by atoms with E-state index in [1.54, 1.807) is 0 Å². The van der Waals surface area contributed by atoms with Crippen molar-refractivity contribution < 1.29 is 0 Å². The van der Waals surface area contributed by atoms with Crippen molar-refractivity contribution in [3.63, 3.8) is 0 Å². The lowest BCUT2D eigenvalue weighted by Gasteiger charge is -2.22. The van der Waals surface area contributed by atoms with E-state index in [2.05, 4.69) is 56.1 Å². The molecule has 2 aromatic rings. The van der Waals surface area contributed by atoms with E-state index in [1.807, 2.05) is 18.5 Å². The van der Waals surface area contributed by atoms with Crippen LogP contribution in [0.5, 0.6) is 0 Å². The summed E-state index contributed by atoms with van der Waals surface area (Å²) in [6.07, 6.45) is 5.92. The maximum atomic E-state index is 4.17. The van der Waals surface area contributed by atoms with E-state index in [0.29, 0.717) is 0 Å². The van der Waals surface area contributed by atoms with Gasteiger partial charge in [0.15, 0.2) is 0 Å². The van der Waals surface area contributed by atoms with Crippen molar-refractivity contribution in [2.24, 2.45) is 0 Å². The number of aryl methyl sites for hydroxylation is 2. The van der Waals surface area contributed by atoms with E-state index in [-0.39, 0.29) is 5.41 Å². The molecule has 0 fully saturated rings. The number of hydrogen-bond acceptors (Lipinski definition) is 1. The van der Waals surface area contributed by atoms with E-state index in [9.17, 15) is 0 Å². The normalized spacial score (nSPS) is 11.5. The molecule has 0 aliphatic rings. The van der Waals surface area contributed by atoms with Gasteiger partial charge in [0.25, 0.3) is 0 Å². The van der Waals surface area contributed by atoms with Crippen molar-refractivity contribution in [2.45, 2.75) is 39.0 Å². The fraction of sp³-hybridized carbons (Fsp3) is 0.353. The maximum absolute atomic E-state index is 4.17. The molecule has 94 valence electrons. The number of aromatic nitrogens is 1. The molecule has 0 aliphatic heterocycles. The summed E-state index contributed by atoms with van der Waals surface area (Å²) in [5.41, 5.74) is 4.43. The van der Waals surface area contributed by atoms with E-state index in [1.165, 1.54) is 16.7 Å². The van der Waals surface area contributed by atoms with E-state index >= 15 is 0 Å². The predicted octanol–water partition coefficient (Wildman–Crippen LogP) is 4.16. The summed E-state index contributed by atoms with van der Waals surface area (Å²) in [5, 5.41) is 0. The van der Waals surface area contributed by atoms with Gasteiger partial charge in [0.2, 0.25) is 0 Å². The summed E-state index contributed by atoms with van der Waals surface area (Å²) >= 11 is 0. The van der Waals surface area contributed by atoms with Crippen LogP contribution in [0.15, 0.2) is 48.8 Å². The number of nitrogens with zero attached hydrogens (tertiary/aromatic N) is 1. The SMILES string of the molecule is CC(C)(C)c1ccccc1CCc1cccnc1. The highest BCUT2D eigenvalue weighted by molar-refractivity contribution is 5.33. The van der Waals surface area contributed by atoms with Crippen LogP contribution < -0.4 is 0 Å². The molecule has 2 rings (SSSR count). The largest absolute Gasteiger partial charge is 0.264 e. The minimum atomic E-state index is 0.214. The third-order valence-corrected chi connectivity index (χ3v) is 3.23. The van der Waals surface area contributed by atoms with Crippen molar-refractivity contribution in [3.8, 4) is 0 Å². The van der Waals surface area contributed by atoms with Crippen molar-refractivity contribution in [3.05, 3.63) is 65.5 Å². The second kappa shape index (κ2) is 5.34. The smallest absolute Gasteiger partial charge is 0.0299 e. The molecule has 0 unspecified atom stereocenters. The lowest BCUT2D eigenvalue weighted by Crippen LogP contribution is -2.14. The van der Waals surface area contributed by atoms with Crippen LogP contribution in [-0.2, 0) is 18.3 Å². The zero-order chi connectivity index (χ0) is 13.0. The van der Waals surface area contributed by atoms with Crippen molar-refractivity contribution in [1.29, 1.82) is 0 Å². The molecule has 0 spiro atoms. The highest BCUT2D eigenvalue weighted by Gasteiger charge is 2.16. The minimum absolute atomic E-state index is 0.214. The molecule has 0 saturated heterocycles. The highest BCUT2D eigenvalue weighted by atomic mass is 14.6. The van der Waals surface area contributed by atoms with Crippen LogP contribution in [0.1, 0.15) is 37.5 Å². The summed E-state index contributed by atoms with van der Waals surface area (Å²) in [6.45, 7) is 6.82. The molecule has 1 aromatic heterocycles. The average molecular weight is 239 g/mol. The van der Waals surface area contributed by atoms with Gasteiger partial charge in [0.05, 0.1) is 0 Å². The fourth-order valence-electron chi connectivity index (χ4n) is 2.29.